The number of allylic oxidation sites excluding steroid dienone is 1. The van der Waals surface area contributed by atoms with Crippen LogP contribution in [-0.2, 0) is 9.53 Å². The molecule has 1 rings (SSSR count). The molecule has 90 valence electrons. The molecule has 1 aliphatic heterocycles. The summed E-state index contributed by atoms with van der Waals surface area (Å²) in [5.41, 5.74) is 0.392. The van der Waals surface area contributed by atoms with Gasteiger partial charge in [0.2, 0.25) is 5.91 Å². The smallest absolute Gasteiger partial charge is 0.417 e. The van der Waals surface area contributed by atoms with E-state index < -0.39 is 11.6 Å². The lowest BCUT2D eigenvalue weighted by molar-refractivity contribution is -0.134. The molecule has 0 aromatic rings. The van der Waals surface area contributed by atoms with Crippen molar-refractivity contribution >= 4 is 12.0 Å². The van der Waals surface area contributed by atoms with Gasteiger partial charge in [0.25, 0.3) is 0 Å². The Morgan fingerprint density at radius 2 is 2.19 bits per heavy atom. The van der Waals surface area contributed by atoms with Gasteiger partial charge in [0.1, 0.15) is 6.61 Å². The first-order valence-electron chi connectivity index (χ1n) is 5.41. The van der Waals surface area contributed by atoms with Crippen molar-refractivity contribution in [1.29, 1.82) is 0 Å². The fraction of sp³-hybridized carbons (Fsp3) is 0.667. The van der Waals surface area contributed by atoms with Crippen molar-refractivity contribution in [2.45, 2.75) is 39.7 Å². The van der Waals surface area contributed by atoms with Gasteiger partial charge in [-0.15, -0.1) is 6.58 Å². The molecule has 0 bridgehead atoms. The van der Waals surface area contributed by atoms with Gasteiger partial charge < -0.3 is 4.74 Å². The van der Waals surface area contributed by atoms with E-state index in [1.165, 1.54) is 4.90 Å². The van der Waals surface area contributed by atoms with Gasteiger partial charge in [0.05, 0.1) is 5.54 Å². The van der Waals surface area contributed by atoms with E-state index in [2.05, 4.69) is 6.58 Å². The summed E-state index contributed by atoms with van der Waals surface area (Å²) in [5, 5.41) is 0. The van der Waals surface area contributed by atoms with E-state index in [1.807, 2.05) is 20.8 Å². The molecule has 1 aliphatic rings. The highest BCUT2D eigenvalue weighted by molar-refractivity contribution is 5.95. The van der Waals surface area contributed by atoms with E-state index in [9.17, 15) is 9.59 Å². The molecule has 0 aliphatic carbocycles. The maximum absolute atomic E-state index is 12.1. The van der Waals surface area contributed by atoms with Gasteiger partial charge in [-0.1, -0.05) is 12.5 Å². The summed E-state index contributed by atoms with van der Waals surface area (Å²) in [6.45, 7) is 11.4. The molecule has 1 saturated heterocycles. The number of imide groups is 1. The van der Waals surface area contributed by atoms with E-state index >= 15 is 0 Å². The number of nitrogens with zero attached hydrogens (tertiary/aromatic N) is 1. The number of carbonyl (C=O) groups is 2. The Labute approximate surface area is 96.3 Å². The molecule has 4 heteroatoms. The summed E-state index contributed by atoms with van der Waals surface area (Å²) in [7, 11) is 0. The number of cyclic esters (lactones) is 1. The number of hydrogen-bond donors (Lipinski definition) is 0. The minimum atomic E-state index is -0.544. The second kappa shape index (κ2) is 4.28. The SMILES string of the molecule is C=C(C)CC(C)C(=O)N1C(=O)OCC1(C)C. The van der Waals surface area contributed by atoms with Crippen LogP contribution in [0.1, 0.15) is 34.1 Å². The summed E-state index contributed by atoms with van der Waals surface area (Å²) in [5.74, 6) is -0.419. The summed E-state index contributed by atoms with van der Waals surface area (Å²) >= 11 is 0. The second-order valence-corrected chi connectivity index (χ2v) is 5.10. The standard InChI is InChI=1S/C12H19NO3/c1-8(2)6-9(3)10(14)13-11(15)16-7-12(13,4)5/h9H,1,6-7H2,2-5H3. The monoisotopic (exact) mass is 225 g/mol. The Morgan fingerprint density at radius 1 is 1.62 bits per heavy atom. The molecule has 0 radical (unpaired) electrons. The van der Waals surface area contributed by atoms with Crippen LogP contribution in [0.15, 0.2) is 12.2 Å². The molecule has 4 nitrogen and oxygen atoms in total. The van der Waals surface area contributed by atoms with Gasteiger partial charge in [0.15, 0.2) is 0 Å². The summed E-state index contributed by atoms with van der Waals surface area (Å²) in [6.07, 6.45) is 0.0576. The molecule has 0 aromatic heterocycles. The van der Waals surface area contributed by atoms with Crippen molar-refractivity contribution in [3.63, 3.8) is 0 Å². The Balaban J connectivity index is 2.80. The lowest BCUT2D eigenvalue weighted by atomic mass is 9.98. The molecule has 1 heterocycles. The minimum Gasteiger partial charge on any atom is -0.447 e. The first-order chi connectivity index (χ1) is 7.25. The van der Waals surface area contributed by atoms with Gasteiger partial charge in [-0.25, -0.2) is 9.69 Å². The number of ether oxygens (including phenoxy) is 1. The average molecular weight is 225 g/mol. The largest absolute Gasteiger partial charge is 0.447 e. The van der Waals surface area contributed by atoms with E-state index in [1.54, 1.807) is 6.92 Å². The molecular weight excluding hydrogens is 206 g/mol. The molecule has 16 heavy (non-hydrogen) atoms. The van der Waals surface area contributed by atoms with Gasteiger partial charge in [-0.2, -0.15) is 0 Å². The van der Waals surface area contributed by atoms with Crippen LogP contribution in [0.4, 0.5) is 4.79 Å². The quantitative estimate of drug-likeness (QED) is 0.693. The lowest BCUT2D eigenvalue weighted by Crippen LogP contribution is -2.48. The fourth-order valence-corrected chi connectivity index (χ4v) is 1.83. The predicted octanol–water partition coefficient (Wildman–Crippen LogP) is 2.35. The Kier molecular flexibility index (Phi) is 3.41. The highest BCUT2D eigenvalue weighted by Gasteiger charge is 2.45. The van der Waals surface area contributed by atoms with Gasteiger partial charge in [-0.3, -0.25) is 4.79 Å². The summed E-state index contributed by atoms with van der Waals surface area (Å²) < 4.78 is 4.90. The molecule has 0 N–H and O–H groups in total. The second-order valence-electron chi connectivity index (χ2n) is 5.10. The summed E-state index contributed by atoms with van der Waals surface area (Å²) in [4.78, 5) is 24.8. The number of amides is 2. The molecule has 0 spiro atoms. The Bertz CT molecular complexity index is 333. The van der Waals surface area contributed by atoms with E-state index in [-0.39, 0.29) is 18.4 Å². The van der Waals surface area contributed by atoms with E-state index in [4.69, 9.17) is 4.74 Å². The number of carbonyl (C=O) groups excluding carboxylic acids is 2. The third-order valence-electron chi connectivity index (χ3n) is 2.63. The zero-order valence-corrected chi connectivity index (χ0v) is 10.4. The van der Waals surface area contributed by atoms with E-state index in [0.717, 1.165) is 5.57 Å². The zero-order valence-electron chi connectivity index (χ0n) is 10.4. The maximum Gasteiger partial charge on any atom is 0.417 e. The first-order valence-corrected chi connectivity index (χ1v) is 5.41. The van der Waals surface area contributed by atoms with Crippen molar-refractivity contribution in [2.24, 2.45) is 5.92 Å². The van der Waals surface area contributed by atoms with Crippen LogP contribution in [0, 0.1) is 5.92 Å². The van der Waals surface area contributed by atoms with Crippen molar-refractivity contribution in [3.05, 3.63) is 12.2 Å². The van der Waals surface area contributed by atoms with Crippen molar-refractivity contribution in [1.82, 2.24) is 4.90 Å². The minimum absolute atomic E-state index is 0.185. The van der Waals surface area contributed by atoms with Crippen LogP contribution >= 0.6 is 0 Å². The van der Waals surface area contributed by atoms with Crippen molar-refractivity contribution in [3.8, 4) is 0 Å². The van der Waals surface area contributed by atoms with Crippen molar-refractivity contribution in [2.75, 3.05) is 6.61 Å². The molecule has 1 unspecified atom stereocenters. The highest BCUT2D eigenvalue weighted by atomic mass is 16.6. The Hall–Kier alpha value is -1.32. The van der Waals surface area contributed by atoms with Crippen LogP contribution in [-0.4, -0.2) is 29.0 Å². The first kappa shape index (κ1) is 12.7. The Morgan fingerprint density at radius 3 is 2.56 bits per heavy atom. The van der Waals surface area contributed by atoms with E-state index in [0.29, 0.717) is 6.42 Å². The van der Waals surface area contributed by atoms with Crippen LogP contribution in [0.5, 0.6) is 0 Å². The maximum atomic E-state index is 12.1. The van der Waals surface area contributed by atoms with Crippen LogP contribution in [0.25, 0.3) is 0 Å². The average Bonchev–Trinajstić information content (AvgIpc) is 2.38. The molecule has 0 saturated carbocycles. The molecule has 1 fully saturated rings. The van der Waals surface area contributed by atoms with Gasteiger partial charge in [-0.05, 0) is 27.2 Å². The number of hydrogen-bond acceptors (Lipinski definition) is 3. The molecule has 1 atom stereocenters. The third-order valence-corrected chi connectivity index (χ3v) is 2.63. The predicted molar refractivity (Wildman–Crippen MR) is 60.9 cm³/mol. The fourth-order valence-electron chi connectivity index (χ4n) is 1.83. The van der Waals surface area contributed by atoms with Crippen molar-refractivity contribution < 1.29 is 14.3 Å². The lowest BCUT2D eigenvalue weighted by Gasteiger charge is -2.28. The van der Waals surface area contributed by atoms with Crippen LogP contribution in [0.3, 0.4) is 0 Å². The highest BCUT2D eigenvalue weighted by Crippen LogP contribution is 2.26. The third kappa shape index (κ3) is 2.43. The van der Waals surface area contributed by atoms with Crippen LogP contribution < -0.4 is 0 Å². The number of rotatable bonds is 3. The normalized spacial score (nSPS) is 20.5. The zero-order chi connectivity index (χ0) is 12.5. The van der Waals surface area contributed by atoms with Gasteiger partial charge >= 0.3 is 6.09 Å². The topological polar surface area (TPSA) is 46.6 Å². The van der Waals surface area contributed by atoms with Gasteiger partial charge in [0, 0.05) is 5.92 Å². The van der Waals surface area contributed by atoms with Crippen LogP contribution in [0.2, 0.25) is 0 Å². The summed E-state index contributed by atoms with van der Waals surface area (Å²) in [6, 6.07) is 0. The molecule has 0 aromatic carbocycles. The molecule has 2 amide bonds. The molecular formula is C12H19NO3.